The summed E-state index contributed by atoms with van der Waals surface area (Å²) >= 11 is 6.16. The fourth-order valence-corrected chi connectivity index (χ4v) is 4.31. The molecule has 1 aliphatic carbocycles. The summed E-state index contributed by atoms with van der Waals surface area (Å²) in [5.41, 5.74) is 6.91. The minimum Gasteiger partial charge on any atom is -0.369 e. The van der Waals surface area contributed by atoms with Gasteiger partial charge in [0.15, 0.2) is 5.96 Å². The Morgan fingerprint density at radius 2 is 2.00 bits per heavy atom. The minimum absolute atomic E-state index is 0. The van der Waals surface area contributed by atoms with Crippen LogP contribution in [0.1, 0.15) is 44.1 Å². The second-order valence-electron chi connectivity index (χ2n) is 8.37. The lowest BCUT2D eigenvalue weighted by atomic mass is 9.96. The van der Waals surface area contributed by atoms with Crippen molar-refractivity contribution in [1.29, 1.82) is 0 Å². The Kier molecular flexibility index (Phi) is 10.2. The number of rotatable bonds is 9. The summed E-state index contributed by atoms with van der Waals surface area (Å²) in [5, 5.41) is 7.71. The summed E-state index contributed by atoms with van der Waals surface area (Å²) in [4.78, 5) is 18.0. The number of likely N-dealkylation sites (tertiary alicyclic amines) is 1. The van der Waals surface area contributed by atoms with Crippen LogP contribution < -0.4 is 16.4 Å². The third-order valence-electron chi connectivity index (χ3n) is 6.29. The fraction of sp³-hybridized carbons (Fsp3) is 0.636. The predicted octanol–water partition coefficient (Wildman–Crippen LogP) is 3.13. The van der Waals surface area contributed by atoms with E-state index in [9.17, 15) is 4.79 Å². The number of nitrogens with zero attached hydrogens (tertiary/aromatic N) is 2. The number of nitrogens with two attached hydrogens (primary N) is 1. The average Bonchev–Trinajstić information content (AvgIpc) is 3.51. The zero-order chi connectivity index (χ0) is 20.7. The van der Waals surface area contributed by atoms with Crippen molar-refractivity contribution in [3.05, 3.63) is 34.9 Å². The normalized spacial score (nSPS) is 19.1. The van der Waals surface area contributed by atoms with Crippen LogP contribution >= 0.6 is 35.6 Å². The van der Waals surface area contributed by atoms with Crippen molar-refractivity contribution in [3.63, 3.8) is 0 Å². The highest BCUT2D eigenvalue weighted by atomic mass is 127. The molecule has 4 N–H and O–H groups in total. The Bertz CT molecular complexity index is 717. The van der Waals surface area contributed by atoms with E-state index in [0.717, 1.165) is 69.4 Å². The predicted molar refractivity (Wildman–Crippen MR) is 135 cm³/mol. The Balaban J connectivity index is 0.00000320. The molecule has 2 aliphatic rings. The molecule has 8 heteroatoms. The van der Waals surface area contributed by atoms with Gasteiger partial charge in [0.1, 0.15) is 0 Å². The first-order valence-corrected chi connectivity index (χ1v) is 11.1. The van der Waals surface area contributed by atoms with Gasteiger partial charge in [0.2, 0.25) is 5.91 Å². The van der Waals surface area contributed by atoms with Crippen molar-refractivity contribution in [3.8, 4) is 0 Å². The number of nitrogens with one attached hydrogen (secondary N) is 2. The number of primary amides is 1. The molecule has 0 spiro atoms. The minimum atomic E-state index is -0.143. The lowest BCUT2D eigenvalue weighted by Crippen LogP contribution is -2.42. The van der Waals surface area contributed by atoms with Crippen molar-refractivity contribution >= 4 is 47.4 Å². The zero-order valence-electron chi connectivity index (χ0n) is 17.8. The number of carbonyl (C=O) groups excluding carboxylic acids is 1. The molecule has 0 atom stereocenters. The number of halogens is 2. The van der Waals surface area contributed by atoms with Gasteiger partial charge in [-0.05, 0) is 75.9 Å². The number of guanidine groups is 1. The Hall–Kier alpha value is -1.06. The van der Waals surface area contributed by atoms with Gasteiger partial charge >= 0.3 is 0 Å². The van der Waals surface area contributed by atoms with Crippen LogP contribution in [0.5, 0.6) is 0 Å². The second kappa shape index (κ2) is 12.1. The van der Waals surface area contributed by atoms with Gasteiger partial charge in [0.05, 0.1) is 0 Å². The van der Waals surface area contributed by atoms with Crippen LogP contribution in [0.15, 0.2) is 29.3 Å². The van der Waals surface area contributed by atoms with E-state index in [-0.39, 0.29) is 41.2 Å². The molecule has 1 amide bonds. The van der Waals surface area contributed by atoms with Gasteiger partial charge in [-0.2, -0.15) is 0 Å². The van der Waals surface area contributed by atoms with Crippen molar-refractivity contribution in [2.24, 2.45) is 16.6 Å². The van der Waals surface area contributed by atoms with Crippen LogP contribution in [-0.2, 0) is 10.2 Å². The molecule has 1 aromatic rings. The maximum atomic E-state index is 11.2. The molecular formula is C22H35ClIN5O. The number of benzene rings is 1. The molecule has 168 valence electrons. The summed E-state index contributed by atoms with van der Waals surface area (Å²) in [6, 6.07) is 8.21. The lowest BCUT2D eigenvalue weighted by Gasteiger charge is -2.30. The highest BCUT2D eigenvalue weighted by Crippen LogP contribution is 2.48. The van der Waals surface area contributed by atoms with Gasteiger partial charge in [-0.15, -0.1) is 24.0 Å². The standard InChI is InChI=1S/C22H34ClN5O.HI/c1-25-21(27-16-22(9-10-22)18-5-4-6-19(23)15-18)26-11-2-3-12-28-13-7-17(8-14-28)20(24)29;/h4-6,15,17H,2-3,7-14,16H2,1H3,(H2,24,29)(H2,25,26,27);1H. The quantitative estimate of drug-likeness (QED) is 0.192. The van der Waals surface area contributed by atoms with Crippen LogP contribution in [0.3, 0.4) is 0 Å². The third kappa shape index (κ3) is 7.27. The number of aliphatic imine (C=N–C) groups is 1. The lowest BCUT2D eigenvalue weighted by molar-refractivity contribution is -0.123. The molecule has 0 aromatic heterocycles. The van der Waals surface area contributed by atoms with Gasteiger partial charge in [0.25, 0.3) is 0 Å². The van der Waals surface area contributed by atoms with E-state index in [1.165, 1.54) is 18.4 Å². The van der Waals surface area contributed by atoms with Crippen molar-refractivity contribution in [2.45, 2.75) is 43.9 Å². The van der Waals surface area contributed by atoms with E-state index in [1.807, 2.05) is 19.2 Å². The molecule has 30 heavy (non-hydrogen) atoms. The second-order valence-corrected chi connectivity index (χ2v) is 8.81. The zero-order valence-corrected chi connectivity index (χ0v) is 20.9. The fourth-order valence-electron chi connectivity index (χ4n) is 4.12. The molecule has 0 bridgehead atoms. The summed E-state index contributed by atoms with van der Waals surface area (Å²) in [7, 11) is 1.82. The highest BCUT2D eigenvalue weighted by Gasteiger charge is 2.44. The molecule has 3 rings (SSSR count). The molecule has 1 aliphatic heterocycles. The number of hydrogen-bond donors (Lipinski definition) is 3. The summed E-state index contributed by atoms with van der Waals surface area (Å²) in [6.45, 7) is 4.83. The van der Waals surface area contributed by atoms with Gasteiger partial charge in [-0.1, -0.05) is 23.7 Å². The van der Waals surface area contributed by atoms with Gasteiger partial charge in [0, 0.05) is 36.5 Å². The van der Waals surface area contributed by atoms with Gasteiger partial charge in [-0.3, -0.25) is 9.79 Å². The smallest absolute Gasteiger partial charge is 0.220 e. The largest absolute Gasteiger partial charge is 0.369 e. The van der Waals surface area contributed by atoms with E-state index in [0.29, 0.717) is 0 Å². The molecule has 1 heterocycles. The molecule has 0 radical (unpaired) electrons. The van der Waals surface area contributed by atoms with E-state index in [1.54, 1.807) is 0 Å². The van der Waals surface area contributed by atoms with E-state index in [2.05, 4.69) is 32.7 Å². The SMILES string of the molecule is CN=C(NCCCCN1CCC(C(N)=O)CC1)NCC1(c2cccc(Cl)c2)CC1.I. The van der Waals surface area contributed by atoms with Crippen LogP contribution in [0.25, 0.3) is 0 Å². The first kappa shape index (κ1) is 25.2. The monoisotopic (exact) mass is 547 g/mol. The van der Waals surface area contributed by atoms with E-state index in [4.69, 9.17) is 17.3 Å². The van der Waals surface area contributed by atoms with Crippen molar-refractivity contribution in [2.75, 3.05) is 39.8 Å². The maximum Gasteiger partial charge on any atom is 0.220 e. The first-order valence-electron chi connectivity index (χ1n) is 10.7. The van der Waals surface area contributed by atoms with Gasteiger partial charge in [-0.25, -0.2) is 0 Å². The topological polar surface area (TPSA) is 82.8 Å². The molecular weight excluding hydrogens is 513 g/mol. The summed E-state index contributed by atoms with van der Waals surface area (Å²) in [6.07, 6.45) is 6.40. The Morgan fingerprint density at radius 3 is 2.60 bits per heavy atom. The third-order valence-corrected chi connectivity index (χ3v) is 6.53. The maximum absolute atomic E-state index is 11.2. The number of unbranched alkanes of at least 4 members (excludes halogenated alkanes) is 1. The van der Waals surface area contributed by atoms with Crippen LogP contribution in [0, 0.1) is 5.92 Å². The molecule has 1 saturated carbocycles. The van der Waals surface area contributed by atoms with Crippen molar-refractivity contribution < 1.29 is 4.79 Å². The van der Waals surface area contributed by atoms with E-state index >= 15 is 0 Å². The van der Waals surface area contributed by atoms with Crippen LogP contribution in [0.2, 0.25) is 5.02 Å². The Labute approximate surface area is 202 Å². The summed E-state index contributed by atoms with van der Waals surface area (Å²) in [5.74, 6) is 0.792. The Morgan fingerprint density at radius 1 is 1.27 bits per heavy atom. The van der Waals surface area contributed by atoms with Crippen LogP contribution in [0.4, 0.5) is 0 Å². The highest BCUT2D eigenvalue weighted by molar-refractivity contribution is 14.0. The average molecular weight is 548 g/mol. The molecule has 1 saturated heterocycles. The first-order chi connectivity index (χ1) is 14.0. The number of amides is 1. The molecule has 2 fully saturated rings. The molecule has 1 aromatic carbocycles. The van der Waals surface area contributed by atoms with Crippen molar-refractivity contribution in [1.82, 2.24) is 15.5 Å². The van der Waals surface area contributed by atoms with Gasteiger partial charge < -0.3 is 21.3 Å². The number of piperidine rings is 1. The van der Waals surface area contributed by atoms with Crippen LogP contribution in [-0.4, -0.2) is 56.5 Å². The number of carbonyl (C=O) groups is 1. The number of hydrogen-bond acceptors (Lipinski definition) is 3. The van der Waals surface area contributed by atoms with E-state index < -0.39 is 0 Å². The molecule has 0 unspecified atom stereocenters. The molecule has 6 nitrogen and oxygen atoms in total. The summed E-state index contributed by atoms with van der Waals surface area (Å²) < 4.78 is 0.